The number of halogens is 1. The zero-order valence-electron chi connectivity index (χ0n) is 12.6. The molecule has 0 amide bonds. The van der Waals surface area contributed by atoms with E-state index >= 15 is 0 Å². The maximum absolute atomic E-state index is 14.3. The number of rotatable bonds is 4. The first kappa shape index (κ1) is 14.7. The molecule has 3 heterocycles. The van der Waals surface area contributed by atoms with Crippen molar-refractivity contribution in [3.05, 3.63) is 17.8 Å². The Morgan fingerprint density at radius 3 is 2.76 bits per heavy atom. The SMILES string of the molecule is CCc1ncnc(N2CCN(CC3CCOC3)CC2)c1F. The zero-order chi connectivity index (χ0) is 14.7. The average molecular weight is 294 g/mol. The molecule has 5 nitrogen and oxygen atoms in total. The minimum Gasteiger partial charge on any atom is -0.381 e. The van der Waals surface area contributed by atoms with Crippen molar-refractivity contribution in [2.75, 3.05) is 50.8 Å². The third-order valence-electron chi connectivity index (χ3n) is 4.39. The van der Waals surface area contributed by atoms with E-state index in [1.807, 2.05) is 11.8 Å². The quantitative estimate of drug-likeness (QED) is 0.838. The number of hydrogen-bond acceptors (Lipinski definition) is 5. The lowest BCUT2D eigenvalue weighted by Crippen LogP contribution is -2.48. The molecule has 0 N–H and O–H groups in total. The van der Waals surface area contributed by atoms with Crippen LogP contribution in [0.3, 0.4) is 0 Å². The van der Waals surface area contributed by atoms with Crippen molar-refractivity contribution in [3.63, 3.8) is 0 Å². The fourth-order valence-electron chi connectivity index (χ4n) is 3.10. The van der Waals surface area contributed by atoms with Crippen molar-refractivity contribution in [2.24, 2.45) is 5.92 Å². The van der Waals surface area contributed by atoms with Crippen LogP contribution >= 0.6 is 0 Å². The molecule has 3 rings (SSSR count). The van der Waals surface area contributed by atoms with Gasteiger partial charge in [0.2, 0.25) is 0 Å². The highest BCUT2D eigenvalue weighted by Gasteiger charge is 2.25. The third-order valence-corrected chi connectivity index (χ3v) is 4.39. The average Bonchev–Trinajstić information content (AvgIpc) is 3.01. The molecule has 0 radical (unpaired) electrons. The number of piperazine rings is 1. The molecule has 0 bridgehead atoms. The van der Waals surface area contributed by atoms with Crippen molar-refractivity contribution < 1.29 is 9.13 Å². The third kappa shape index (κ3) is 3.32. The number of aryl methyl sites for hydroxylation is 1. The van der Waals surface area contributed by atoms with Crippen LogP contribution in [0.1, 0.15) is 19.0 Å². The van der Waals surface area contributed by atoms with Crippen molar-refractivity contribution in [3.8, 4) is 0 Å². The van der Waals surface area contributed by atoms with Gasteiger partial charge < -0.3 is 9.64 Å². The molecule has 116 valence electrons. The van der Waals surface area contributed by atoms with Gasteiger partial charge in [0.05, 0.1) is 12.3 Å². The molecule has 21 heavy (non-hydrogen) atoms. The van der Waals surface area contributed by atoms with Crippen LogP contribution in [0.5, 0.6) is 0 Å². The summed E-state index contributed by atoms with van der Waals surface area (Å²) in [6, 6.07) is 0. The van der Waals surface area contributed by atoms with Crippen LogP contribution in [0.15, 0.2) is 6.33 Å². The molecular formula is C15H23FN4O. The maximum Gasteiger partial charge on any atom is 0.187 e. The molecule has 0 saturated carbocycles. The fourth-order valence-corrected chi connectivity index (χ4v) is 3.10. The molecule has 2 aliphatic heterocycles. The summed E-state index contributed by atoms with van der Waals surface area (Å²) in [6.07, 6.45) is 3.24. The van der Waals surface area contributed by atoms with E-state index in [0.29, 0.717) is 23.9 Å². The fraction of sp³-hybridized carbons (Fsp3) is 0.733. The van der Waals surface area contributed by atoms with E-state index in [4.69, 9.17) is 4.74 Å². The number of aromatic nitrogens is 2. The molecule has 1 unspecified atom stereocenters. The Morgan fingerprint density at radius 2 is 2.10 bits per heavy atom. The first-order valence-electron chi connectivity index (χ1n) is 7.82. The van der Waals surface area contributed by atoms with E-state index in [0.717, 1.165) is 45.9 Å². The van der Waals surface area contributed by atoms with E-state index in [2.05, 4.69) is 14.9 Å². The van der Waals surface area contributed by atoms with Gasteiger partial charge in [-0.25, -0.2) is 14.4 Å². The van der Waals surface area contributed by atoms with Crippen LogP contribution in [0.25, 0.3) is 0 Å². The number of nitrogens with zero attached hydrogens (tertiary/aromatic N) is 4. The topological polar surface area (TPSA) is 41.5 Å². The minimum atomic E-state index is -0.252. The van der Waals surface area contributed by atoms with Crippen molar-refractivity contribution >= 4 is 5.82 Å². The lowest BCUT2D eigenvalue weighted by molar-refractivity contribution is 0.164. The van der Waals surface area contributed by atoms with E-state index in [-0.39, 0.29) is 5.82 Å². The smallest absolute Gasteiger partial charge is 0.187 e. The summed E-state index contributed by atoms with van der Waals surface area (Å²) >= 11 is 0. The lowest BCUT2D eigenvalue weighted by atomic mass is 10.1. The van der Waals surface area contributed by atoms with Crippen molar-refractivity contribution in [1.82, 2.24) is 14.9 Å². The Bertz CT molecular complexity index is 471. The van der Waals surface area contributed by atoms with Crippen molar-refractivity contribution in [1.29, 1.82) is 0 Å². The van der Waals surface area contributed by atoms with Gasteiger partial charge in [0.1, 0.15) is 6.33 Å². The van der Waals surface area contributed by atoms with Gasteiger partial charge >= 0.3 is 0 Å². The molecule has 1 atom stereocenters. The van der Waals surface area contributed by atoms with Gasteiger partial charge in [0.25, 0.3) is 0 Å². The summed E-state index contributed by atoms with van der Waals surface area (Å²) in [5, 5.41) is 0. The van der Waals surface area contributed by atoms with Crippen LogP contribution in [0, 0.1) is 11.7 Å². The molecule has 1 aromatic rings. The highest BCUT2D eigenvalue weighted by Crippen LogP contribution is 2.21. The monoisotopic (exact) mass is 294 g/mol. The van der Waals surface area contributed by atoms with E-state index in [9.17, 15) is 4.39 Å². The molecule has 2 fully saturated rings. The van der Waals surface area contributed by atoms with E-state index in [1.54, 1.807) is 0 Å². The Kier molecular flexibility index (Phi) is 4.65. The van der Waals surface area contributed by atoms with Crippen LogP contribution < -0.4 is 4.90 Å². The summed E-state index contributed by atoms with van der Waals surface area (Å²) in [7, 11) is 0. The Morgan fingerprint density at radius 1 is 1.29 bits per heavy atom. The predicted molar refractivity (Wildman–Crippen MR) is 78.9 cm³/mol. The first-order chi connectivity index (χ1) is 10.3. The maximum atomic E-state index is 14.3. The van der Waals surface area contributed by atoms with Gasteiger partial charge in [0, 0.05) is 39.3 Å². The normalized spacial score (nSPS) is 23.7. The molecular weight excluding hydrogens is 271 g/mol. The predicted octanol–water partition coefficient (Wildman–Crippen LogP) is 1.34. The molecule has 1 aromatic heterocycles. The largest absolute Gasteiger partial charge is 0.381 e. The second-order valence-electron chi connectivity index (χ2n) is 5.83. The molecule has 2 aliphatic rings. The van der Waals surface area contributed by atoms with Gasteiger partial charge in [-0.1, -0.05) is 6.92 Å². The van der Waals surface area contributed by atoms with Gasteiger partial charge in [-0.05, 0) is 18.8 Å². The summed E-state index contributed by atoms with van der Waals surface area (Å²) < 4.78 is 19.7. The van der Waals surface area contributed by atoms with Crippen LogP contribution in [-0.2, 0) is 11.2 Å². The zero-order valence-corrected chi connectivity index (χ0v) is 12.6. The Hall–Kier alpha value is -1.27. The Labute approximate surface area is 125 Å². The van der Waals surface area contributed by atoms with Crippen LogP contribution in [0.2, 0.25) is 0 Å². The van der Waals surface area contributed by atoms with Crippen LogP contribution in [0.4, 0.5) is 10.2 Å². The molecule has 0 aromatic carbocycles. The summed E-state index contributed by atoms with van der Waals surface area (Å²) in [5.41, 5.74) is 0.505. The summed E-state index contributed by atoms with van der Waals surface area (Å²) in [5.74, 6) is 0.877. The van der Waals surface area contributed by atoms with Gasteiger partial charge in [0.15, 0.2) is 11.6 Å². The first-order valence-corrected chi connectivity index (χ1v) is 7.82. The summed E-state index contributed by atoms with van der Waals surface area (Å²) in [4.78, 5) is 12.6. The van der Waals surface area contributed by atoms with Gasteiger partial charge in [-0.15, -0.1) is 0 Å². The van der Waals surface area contributed by atoms with Crippen LogP contribution in [-0.4, -0.2) is 60.8 Å². The number of anilines is 1. The molecule has 6 heteroatoms. The molecule has 0 aliphatic carbocycles. The lowest BCUT2D eigenvalue weighted by Gasteiger charge is -2.36. The highest BCUT2D eigenvalue weighted by atomic mass is 19.1. The van der Waals surface area contributed by atoms with Gasteiger partial charge in [-0.3, -0.25) is 4.90 Å². The highest BCUT2D eigenvalue weighted by molar-refractivity contribution is 5.41. The number of hydrogen-bond donors (Lipinski definition) is 0. The number of ether oxygens (including phenoxy) is 1. The molecule has 2 saturated heterocycles. The standard InChI is InChI=1S/C15H23FN4O/c1-2-13-14(16)15(18-11-17-13)20-6-4-19(5-7-20)9-12-3-8-21-10-12/h11-12H,2-10H2,1H3. The summed E-state index contributed by atoms with van der Waals surface area (Å²) in [6.45, 7) is 8.37. The molecule has 0 spiro atoms. The minimum absolute atomic E-state index is 0.252. The van der Waals surface area contributed by atoms with Gasteiger partial charge in [-0.2, -0.15) is 0 Å². The second kappa shape index (κ2) is 6.66. The van der Waals surface area contributed by atoms with E-state index in [1.165, 1.54) is 12.7 Å². The van der Waals surface area contributed by atoms with Crippen molar-refractivity contribution in [2.45, 2.75) is 19.8 Å². The van der Waals surface area contributed by atoms with E-state index < -0.39 is 0 Å². The second-order valence-corrected chi connectivity index (χ2v) is 5.83. The Balaban J connectivity index is 1.58.